The van der Waals surface area contributed by atoms with Crippen molar-refractivity contribution < 1.29 is 0 Å². The van der Waals surface area contributed by atoms with Gasteiger partial charge in [-0.2, -0.15) is 0 Å². The van der Waals surface area contributed by atoms with Gasteiger partial charge in [-0.1, -0.05) is 30.3 Å². The predicted octanol–water partition coefficient (Wildman–Crippen LogP) is 2.70. The van der Waals surface area contributed by atoms with Crippen LogP contribution in [0.3, 0.4) is 0 Å². The normalized spacial score (nSPS) is 11.2. The summed E-state index contributed by atoms with van der Waals surface area (Å²) in [5.41, 5.74) is 1.85. The van der Waals surface area contributed by atoms with Crippen LogP contribution in [-0.4, -0.2) is 19.2 Å². The van der Waals surface area contributed by atoms with E-state index in [0.717, 1.165) is 16.6 Å². The zero-order valence-corrected chi connectivity index (χ0v) is 11.7. The van der Waals surface area contributed by atoms with Crippen molar-refractivity contribution >= 4 is 28.8 Å². The molecule has 4 rings (SSSR count). The maximum Gasteiger partial charge on any atom is 0.334 e. The van der Waals surface area contributed by atoms with E-state index >= 15 is 0 Å². The average molecular weight is 294 g/mol. The van der Waals surface area contributed by atoms with Crippen molar-refractivity contribution in [2.75, 3.05) is 0 Å². The molecule has 0 fully saturated rings. The Morgan fingerprint density at radius 3 is 2.52 bits per heavy atom. The Kier molecular flexibility index (Phi) is 2.52. The minimum atomic E-state index is -0.282. The summed E-state index contributed by atoms with van der Waals surface area (Å²) in [5, 5.41) is 5.39. The first-order valence-electron chi connectivity index (χ1n) is 6.44. The Hall–Kier alpha value is -2.73. The topological polar surface area (TPSA) is 55.1 Å². The van der Waals surface area contributed by atoms with Gasteiger partial charge in [0.2, 0.25) is 4.77 Å². The van der Waals surface area contributed by atoms with Crippen molar-refractivity contribution in [3.8, 4) is 5.69 Å². The van der Waals surface area contributed by atoms with Crippen molar-refractivity contribution in [3.63, 3.8) is 0 Å². The second-order valence-corrected chi connectivity index (χ2v) is 5.03. The van der Waals surface area contributed by atoms with Crippen molar-refractivity contribution in [2.45, 2.75) is 0 Å². The van der Waals surface area contributed by atoms with Gasteiger partial charge in [-0.25, -0.2) is 13.9 Å². The molecule has 4 aromatic rings. The monoisotopic (exact) mass is 294 g/mol. The van der Waals surface area contributed by atoms with E-state index in [1.54, 1.807) is 4.68 Å². The third kappa shape index (κ3) is 1.73. The number of aromatic amines is 1. The fraction of sp³-hybridized carbons (Fsp3) is 0. The molecule has 0 unspecified atom stereocenters. The van der Waals surface area contributed by atoms with E-state index in [9.17, 15) is 4.79 Å². The van der Waals surface area contributed by atoms with Crippen molar-refractivity contribution in [3.05, 3.63) is 69.9 Å². The highest BCUT2D eigenvalue weighted by Crippen LogP contribution is 2.16. The van der Waals surface area contributed by atoms with Crippen LogP contribution in [0.25, 0.3) is 22.2 Å². The second-order valence-electron chi connectivity index (χ2n) is 4.66. The molecule has 0 aliphatic carbocycles. The van der Waals surface area contributed by atoms with Crippen LogP contribution in [-0.2, 0) is 0 Å². The lowest BCUT2D eigenvalue weighted by molar-refractivity contribution is 0.860. The number of nitrogens with zero attached hydrogens (tertiary/aromatic N) is 3. The van der Waals surface area contributed by atoms with E-state index in [2.05, 4.69) is 10.1 Å². The van der Waals surface area contributed by atoms with Crippen molar-refractivity contribution in [1.29, 1.82) is 0 Å². The third-order valence-corrected chi connectivity index (χ3v) is 3.75. The Labute approximate surface area is 124 Å². The molecule has 2 aromatic carbocycles. The van der Waals surface area contributed by atoms with Crippen LogP contribution < -0.4 is 5.69 Å². The number of para-hydroxylation sites is 2. The smallest absolute Gasteiger partial charge is 0.306 e. The number of rotatable bonds is 1. The molecule has 6 heteroatoms. The second kappa shape index (κ2) is 4.39. The molecular weight excluding hydrogens is 284 g/mol. The molecule has 102 valence electrons. The number of fused-ring (bicyclic) bond motifs is 3. The standard InChI is InChI=1S/C15H10N4OS/c20-14-16-12-9-5-4-8-11(12)13-17-19(15(21)18(13)14)10-6-2-1-3-7-10/h1-9H,(H,16,20). The Morgan fingerprint density at radius 1 is 1.00 bits per heavy atom. The molecule has 21 heavy (non-hydrogen) atoms. The first kappa shape index (κ1) is 12.0. The van der Waals surface area contributed by atoms with Gasteiger partial charge in [-0.05, 0) is 36.5 Å². The van der Waals surface area contributed by atoms with Gasteiger partial charge in [0, 0.05) is 5.39 Å². The van der Waals surface area contributed by atoms with Crippen LogP contribution in [0.2, 0.25) is 0 Å². The molecule has 0 bridgehead atoms. The summed E-state index contributed by atoms with van der Waals surface area (Å²) in [6.07, 6.45) is 0. The van der Waals surface area contributed by atoms with Gasteiger partial charge in [-0.15, -0.1) is 5.10 Å². The van der Waals surface area contributed by atoms with Crippen LogP contribution in [0.15, 0.2) is 59.4 Å². The summed E-state index contributed by atoms with van der Waals surface area (Å²) < 4.78 is 3.38. The molecule has 0 aliphatic heterocycles. The molecule has 2 aromatic heterocycles. The molecule has 0 spiro atoms. The molecule has 0 atom stereocenters. The molecule has 0 amide bonds. The molecule has 0 radical (unpaired) electrons. The Morgan fingerprint density at radius 2 is 1.71 bits per heavy atom. The lowest BCUT2D eigenvalue weighted by Crippen LogP contribution is -2.16. The van der Waals surface area contributed by atoms with Crippen molar-refractivity contribution in [1.82, 2.24) is 19.2 Å². The van der Waals surface area contributed by atoms with Gasteiger partial charge in [0.25, 0.3) is 0 Å². The maximum absolute atomic E-state index is 12.2. The molecule has 2 heterocycles. The first-order chi connectivity index (χ1) is 10.3. The van der Waals surface area contributed by atoms with Gasteiger partial charge < -0.3 is 4.98 Å². The number of aromatic nitrogens is 4. The first-order valence-corrected chi connectivity index (χ1v) is 6.85. The third-order valence-electron chi connectivity index (χ3n) is 3.39. The average Bonchev–Trinajstić information content (AvgIpc) is 2.87. The Bertz CT molecular complexity index is 1080. The van der Waals surface area contributed by atoms with E-state index in [-0.39, 0.29) is 5.69 Å². The van der Waals surface area contributed by atoms with Gasteiger partial charge in [0.05, 0.1) is 11.2 Å². The summed E-state index contributed by atoms with van der Waals surface area (Å²) in [5.74, 6) is 0. The van der Waals surface area contributed by atoms with E-state index in [1.807, 2.05) is 54.6 Å². The van der Waals surface area contributed by atoms with Gasteiger partial charge in [-0.3, -0.25) is 0 Å². The zero-order chi connectivity index (χ0) is 14.4. The van der Waals surface area contributed by atoms with Gasteiger partial charge >= 0.3 is 5.69 Å². The van der Waals surface area contributed by atoms with Crippen LogP contribution in [0.5, 0.6) is 0 Å². The minimum absolute atomic E-state index is 0.282. The quantitative estimate of drug-likeness (QED) is 0.549. The minimum Gasteiger partial charge on any atom is -0.306 e. The fourth-order valence-corrected chi connectivity index (χ4v) is 2.74. The number of nitrogens with one attached hydrogen (secondary N) is 1. The molecule has 5 nitrogen and oxygen atoms in total. The highest BCUT2D eigenvalue weighted by Gasteiger charge is 2.11. The lowest BCUT2D eigenvalue weighted by atomic mass is 10.2. The summed E-state index contributed by atoms with van der Waals surface area (Å²) in [6, 6.07) is 17.1. The molecule has 0 saturated heterocycles. The number of hydrogen-bond donors (Lipinski definition) is 1. The molecular formula is C15H10N4OS. The highest BCUT2D eigenvalue weighted by atomic mass is 32.1. The largest absolute Gasteiger partial charge is 0.334 e. The summed E-state index contributed by atoms with van der Waals surface area (Å²) in [4.78, 5) is 15.1. The highest BCUT2D eigenvalue weighted by molar-refractivity contribution is 7.71. The van der Waals surface area contributed by atoms with Crippen LogP contribution >= 0.6 is 12.2 Å². The molecule has 0 aliphatic rings. The van der Waals surface area contributed by atoms with Gasteiger partial charge in [0.15, 0.2) is 5.65 Å². The number of benzene rings is 2. The summed E-state index contributed by atoms with van der Waals surface area (Å²) >= 11 is 5.40. The lowest BCUT2D eigenvalue weighted by Gasteiger charge is -1.97. The van der Waals surface area contributed by atoms with Crippen LogP contribution in [0.1, 0.15) is 0 Å². The Balaban J connectivity index is 2.21. The summed E-state index contributed by atoms with van der Waals surface area (Å²) in [6.45, 7) is 0. The SMILES string of the molecule is O=c1[nH]c2ccccc2c2nn(-c3ccccc3)c(=S)n12. The molecule has 0 saturated carbocycles. The van der Waals surface area contributed by atoms with Crippen LogP contribution in [0.4, 0.5) is 0 Å². The number of hydrogen-bond acceptors (Lipinski definition) is 3. The van der Waals surface area contributed by atoms with E-state index in [4.69, 9.17) is 12.2 Å². The summed E-state index contributed by atoms with van der Waals surface area (Å²) in [7, 11) is 0. The van der Waals surface area contributed by atoms with Gasteiger partial charge in [0.1, 0.15) is 0 Å². The van der Waals surface area contributed by atoms with E-state index in [1.165, 1.54) is 4.40 Å². The predicted molar refractivity (Wildman–Crippen MR) is 83.5 cm³/mol. The molecule has 1 N–H and O–H groups in total. The number of H-pyrrole nitrogens is 1. The van der Waals surface area contributed by atoms with Crippen molar-refractivity contribution in [2.24, 2.45) is 0 Å². The fourth-order valence-electron chi connectivity index (χ4n) is 2.42. The van der Waals surface area contributed by atoms with E-state index in [0.29, 0.717) is 10.4 Å². The van der Waals surface area contributed by atoms with E-state index < -0.39 is 0 Å². The van der Waals surface area contributed by atoms with Crippen LogP contribution in [0, 0.1) is 4.77 Å². The zero-order valence-electron chi connectivity index (χ0n) is 10.9. The maximum atomic E-state index is 12.2.